The molecule has 0 radical (unpaired) electrons. The number of carbonyl (C=O) groups excluding carboxylic acids is 13. The van der Waals surface area contributed by atoms with Crippen molar-refractivity contribution in [1.29, 1.82) is 0 Å². The number of nitrogens with zero attached hydrogens (tertiary/aromatic N) is 1. The van der Waals surface area contributed by atoms with Crippen LogP contribution in [0.1, 0.15) is 159 Å². The number of fused-ring (bicyclic) bond motifs is 1. The van der Waals surface area contributed by atoms with Crippen LogP contribution in [0.4, 0.5) is 0 Å². The number of nitrogens with one attached hydrogen (secondary N) is 12. The molecule has 0 unspecified atom stereocenters. The largest absolute Gasteiger partial charge is 0.481 e. The summed E-state index contributed by atoms with van der Waals surface area (Å²) in [5.74, 6) is -16.4. The Bertz CT molecular complexity index is 3270. The zero-order valence-corrected chi connectivity index (χ0v) is 61.1. The van der Waals surface area contributed by atoms with Crippen LogP contribution in [0.15, 0.2) is 30.5 Å². The molecule has 2 heterocycles. The number of carboxylic acids is 2. The Hall–Kier alpha value is -9.31. The molecule has 1 aromatic heterocycles. The van der Waals surface area contributed by atoms with E-state index in [-0.39, 0.29) is 81.6 Å². The molecule has 1 aromatic carbocycles. The SMILES string of the molecule is CC[C@H](C)[C@H](NC(=O)[C@H](CC(C)C)NC(=O)[C@H](CC(C)C)NC(=O)[C@H](CC(C)C)NC(=O)[C@@H](N)CO)C(=O)N[C@@H](CCC(N)=O)C(=O)N[C@@H](CO)C(=O)N[C@@H](Cc1c[nH]c2ccccc12)C(=O)N[C@@H](CC(C)C)C(=O)N[C@@H](CCC(=O)O)C(=O)N1CCC[C@H]1C(=O)N[C@H](C(=O)NCC(=O)O)C(C)C. The number of hydrogen-bond donors (Lipinski definition) is 18. The first kappa shape index (κ1) is 87.9. The molecular weight excluding hydrogens is 1340 g/mol. The summed E-state index contributed by atoms with van der Waals surface area (Å²) < 4.78 is 0. The van der Waals surface area contributed by atoms with Gasteiger partial charge in [-0.2, -0.15) is 0 Å². The summed E-state index contributed by atoms with van der Waals surface area (Å²) in [6.07, 6.45) is 0.00591. The molecule has 576 valence electrons. The number of H-pyrrole nitrogens is 1. The average Bonchev–Trinajstić information content (AvgIpc) is 1.68. The first-order chi connectivity index (χ1) is 48.3. The normalized spacial score (nSPS) is 16.5. The second-order valence-corrected chi connectivity index (χ2v) is 28.4. The number of carboxylic acid groups (broad SMARTS) is 2. The van der Waals surface area contributed by atoms with Gasteiger partial charge in [0.15, 0.2) is 0 Å². The molecule has 0 bridgehead atoms. The predicted molar refractivity (Wildman–Crippen MR) is 376 cm³/mol. The van der Waals surface area contributed by atoms with E-state index >= 15 is 0 Å². The number of para-hydroxylation sites is 1. The van der Waals surface area contributed by atoms with E-state index < -0.39 is 219 Å². The number of aliphatic carboxylic acids is 2. The molecule has 34 nitrogen and oxygen atoms in total. The van der Waals surface area contributed by atoms with Gasteiger partial charge >= 0.3 is 11.9 Å². The highest BCUT2D eigenvalue weighted by Crippen LogP contribution is 2.23. The van der Waals surface area contributed by atoms with Gasteiger partial charge in [0, 0.05) is 42.9 Å². The number of nitrogens with two attached hydrogens (primary N) is 2. The maximum absolute atomic E-state index is 14.8. The van der Waals surface area contributed by atoms with Gasteiger partial charge in [0.05, 0.1) is 13.2 Å². The molecule has 3 rings (SSSR count). The minimum atomic E-state index is -1.89. The van der Waals surface area contributed by atoms with E-state index in [9.17, 15) is 87.2 Å². The Kier molecular flexibility index (Phi) is 36.7. The van der Waals surface area contributed by atoms with Crippen molar-refractivity contribution in [1.82, 2.24) is 68.4 Å². The van der Waals surface area contributed by atoms with E-state index in [0.29, 0.717) is 16.5 Å². The Morgan fingerprint density at radius 1 is 0.515 bits per heavy atom. The van der Waals surface area contributed by atoms with Crippen LogP contribution in [-0.2, 0) is 78.3 Å². The van der Waals surface area contributed by atoms with E-state index in [0.717, 1.165) is 4.90 Å². The number of primary amides is 1. The summed E-state index contributed by atoms with van der Waals surface area (Å²) in [5, 5.41) is 67.9. The van der Waals surface area contributed by atoms with Gasteiger partial charge < -0.3 is 100 Å². The van der Waals surface area contributed by atoms with Gasteiger partial charge in [-0.15, -0.1) is 0 Å². The van der Waals surface area contributed by atoms with Crippen molar-refractivity contribution in [3.8, 4) is 0 Å². The molecule has 103 heavy (non-hydrogen) atoms. The van der Waals surface area contributed by atoms with Crippen molar-refractivity contribution >= 4 is 99.6 Å². The molecule has 20 N–H and O–H groups in total. The lowest BCUT2D eigenvalue weighted by Gasteiger charge is -2.31. The number of aliphatic hydroxyl groups is 2. The lowest BCUT2D eigenvalue weighted by Crippen LogP contribution is -2.62. The molecule has 1 aliphatic heterocycles. The second-order valence-electron chi connectivity index (χ2n) is 28.4. The Labute approximate surface area is 600 Å². The summed E-state index contributed by atoms with van der Waals surface area (Å²) in [7, 11) is 0. The summed E-state index contributed by atoms with van der Waals surface area (Å²) in [6, 6.07) is -10.2. The topological polar surface area (TPSA) is 540 Å². The van der Waals surface area contributed by atoms with Crippen molar-refractivity contribution in [3.05, 3.63) is 36.0 Å². The number of aliphatic hydroxyl groups excluding tert-OH is 2. The third-order valence-electron chi connectivity index (χ3n) is 17.3. The van der Waals surface area contributed by atoms with E-state index in [1.54, 1.807) is 99.7 Å². The van der Waals surface area contributed by atoms with Crippen LogP contribution in [0.25, 0.3) is 10.9 Å². The van der Waals surface area contributed by atoms with Gasteiger partial charge in [0.1, 0.15) is 79.0 Å². The summed E-state index contributed by atoms with van der Waals surface area (Å²) in [4.78, 5) is 209. The number of hydrogen-bond acceptors (Lipinski definition) is 18. The number of aromatic amines is 1. The van der Waals surface area contributed by atoms with Crippen LogP contribution >= 0.6 is 0 Å². The Balaban J connectivity index is 1.98. The number of aromatic nitrogens is 1. The van der Waals surface area contributed by atoms with Gasteiger partial charge in [-0.25, -0.2) is 0 Å². The van der Waals surface area contributed by atoms with Crippen LogP contribution in [0.5, 0.6) is 0 Å². The molecule has 0 spiro atoms. The van der Waals surface area contributed by atoms with E-state index in [1.807, 2.05) is 13.8 Å². The molecule has 13 amide bonds. The van der Waals surface area contributed by atoms with Crippen LogP contribution in [0.2, 0.25) is 0 Å². The minimum Gasteiger partial charge on any atom is -0.481 e. The molecule has 0 saturated carbocycles. The van der Waals surface area contributed by atoms with Gasteiger partial charge in [0.2, 0.25) is 76.8 Å². The van der Waals surface area contributed by atoms with E-state index in [1.165, 1.54) is 0 Å². The first-order valence-electron chi connectivity index (χ1n) is 35.2. The second kappa shape index (κ2) is 43.0. The molecule has 1 saturated heterocycles. The summed E-state index contributed by atoms with van der Waals surface area (Å²) in [5.41, 5.74) is 12.3. The lowest BCUT2D eigenvalue weighted by atomic mass is 9.95. The molecular formula is C69H111N15O19. The van der Waals surface area contributed by atoms with Gasteiger partial charge in [-0.1, -0.05) is 108 Å². The molecule has 1 aliphatic rings. The van der Waals surface area contributed by atoms with E-state index in [2.05, 4.69) is 63.5 Å². The maximum Gasteiger partial charge on any atom is 0.322 e. The van der Waals surface area contributed by atoms with Crippen molar-refractivity contribution < 1.29 is 92.3 Å². The van der Waals surface area contributed by atoms with Crippen molar-refractivity contribution in [2.24, 2.45) is 47.0 Å². The standard InChI is InChI=1S/C69H111N15O19/c1-13-39(12)57(83-64(98)49(28-37(8)9)79-62(96)48(27-36(6)7)77-61(95)46(25-34(2)3)76-58(92)42(70)32-85)68(102)74-44(20-22-53(71)87)59(93)81-51(33-86)65(99)80-50(29-40-30-72-43-18-15-14-17-41(40)43)63(97)78-47(26-35(4)5)60(94)75-45(21-23-54(88)89)69(103)84-24-16-19-52(84)66(100)82-56(38(10)11)67(101)73-31-55(90)91/h14-15,17-18,30,34-39,42,44-52,56-57,72,85-86H,13,16,19-29,31-33,70H2,1-12H3,(H2,71,87)(H,73,101)(H,74,102)(H,75,94)(H,76,92)(H,77,95)(H,78,97)(H,79,96)(H,80,99)(H,81,93)(H,82,100)(H,83,98)(H,88,89)(H,90,91)/t39-,42-,44-,45-,46-,47-,48-,49-,50-,51-,52-,56-,57-/m0/s1. The zero-order chi connectivity index (χ0) is 77.7. The predicted octanol–water partition coefficient (Wildman–Crippen LogP) is -1.92. The molecule has 1 fully saturated rings. The van der Waals surface area contributed by atoms with Crippen LogP contribution in [0, 0.1) is 35.5 Å². The number of amides is 13. The third-order valence-corrected chi connectivity index (χ3v) is 17.3. The third kappa shape index (κ3) is 29.2. The van der Waals surface area contributed by atoms with Crippen LogP contribution < -0.4 is 70.0 Å². The Morgan fingerprint density at radius 2 is 0.961 bits per heavy atom. The first-order valence-corrected chi connectivity index (χ1v) is 35.2. The van der Waals surface area contributed by atoms with Gasteiger partial charge in [-0.3, -0.25) is 71.9 Å². The van der Waals surface area contributed by atoms with Gasteiger partial charge in [0.25, 0.3) is 0 Å². The van der Waals surface area contributed by atoms with Crippen LogP contribution in [-0.4, -0.2) is 218 Å². The summed E-state index contributed by atoms with van der Waals surface area (Å²) >= 11 is 0. The highest BCUT2D eigenvalue weighted by atomic mass is 16.4. The highest BCUT2D eigenvalue weighted by Gasteiger charge is 2.42. The molecule has 13 atom stereocenters. The molecule has 34 heteroatoms. The summed E-state index contributed by atoms with van der Waals surface area (Å²) in [6.45, 7) is 18.2. The van der Waals surface area contributed by atoms with Crippen molar-refractivity contribution in [3.63, 3.8) is 0 Å². The molecule has 2 aromatic rings. The zero-order valence-electron chi connectivity index (χ0n) is 61.1. The lowest BCUT2D eigenvalue weighted by molar-refractivity contribution is -0.144. The highest BCUT2D eigenvalue weighted by molar-refractivity contribution is 6.00. The van der Waals surface area contributed by atoms with Crippen LogP contribution in [0.3, 0.4) is 0 Å². The fourth-order valence-electron chi connectivity index (χ4n) is 11.6. The smallest absolute Gasteiger partial charge is 0.322 e. The Morgan fingerprint density at radius 3 is 1.44 bits per heavy atom. The monoisotopic (exact) mass is 1450 g/mol. The average molecular weight is 1450 g/mol. The number of carbonyl (C=O) groups is 15. The van der Waals surface area contributed by atoms with Crippen molar-refractivity contribution in [2.75, 3.05) is 26.3 Å². The quantitative estimate of drug-likeness (QED) is 0.0344. The fraction of sp³-hybridized carbons (Fsp3) is 0.667. The number of benzene rings is 1. The maximum atomic E-state index is 14.8. The van der Waals surface area contributed by atoms with Gasteiger partial charge in [-0.05, 0) is 98.5 Å². The fourth-order valence-corrected chi connectivity index (χ4v) is 11.6. The number of rotatable bonds is 45. The van der Waals surface area contributed by atoms with E-state index in [4.69, 9.17) is 16.6 Å². The molecule has 0 aliphatic carbocycles. The van der Waals surface area contributed by atoms with Crippen molar-refractivity contribution in [2.45, 2.75) is 233 Å². The number of likely N-dealkylation sites (tertiary alicyclic amines) is 1. The minimum absolute atomic E-state index is 0.0162.